The van der Waals surface area contributed by atoms with Crippen LogP contribution in [0.1, 0.15) is 50.2 Å². The van der Waals surface area contributed by atoms with Crippen LogP contribution >= 0.6 is 0 Å². The first-order chi connectivity index (χ1) is 16.9. The number of allylic oxidation sites excluding steroid dienone is 3. The fourth-order valence-corrected chi connectivity index (χ4v) is 4.97. The molecule has 2 N–H and O–H groups in total. The quantitative estimate of drug-likeness (QED) is 0.564. The van der Waals surface area contributed by atoms with Crippen LogP contribution in [-0.2, 0) is 14.3 Å². The molecule has 3 atom stereocenters. The number of phenolic OH excluding ortho intramolecular Hbond substituents is 1. The molecule has 4 rings (SSSR count). The molecule has 0 aromatic heterocycles. The molecule has 0 amide bonds. The summed E-state index contributed by atoms with van der Waals surface area (Å²) in [6.07, 6.45) is 2.39. The predicted molar refractivity (Wildman–Crippen MR) is 131 cm³/mol. The van der Waals surface area contributed by atoms with Crippen LogP contribution in [0.3, 0.4) is 0 Å². The molecule has 2 aromatic rings. The molecule has 1 aliphatic carbocycles. The Morgan fingerprint density at radius 2 is 1.77 bits per heavy atom. The molecule has 35 heavy (non-hydrogen) atoms. The number of Topliss-reactive ketones (excluding diaryl/α,β-unsaturated/α-hetero) is 1. The van der Waals surface area contributed by atoms with Crippen LogP contribution in [0.25, 0.3) is 0 Å². The zero-order valence-corrected chi connectivity index (χ0v) is 20.5. The van der Waals surface area contributed by atoms with Gasteiger partial charge in [-0.25, -0.2) is 4.79 Å². The molecule has 0 spiro atoms. The molecule has 184 valence electrons. The molecule has 0 saturated carbocycles. The van der Waals surface area contributed by atoms with Gasteiger partial charge in [-0.1, -0.05) is 24.3 Å². The Kier molecular flexibility index (Phi) is 7.15. The van der Waals surface area contributed by atoms with Crippen LogP contribution in [0.4, 0.5) is 0 Å². The average Bonchev–Trinajstić information content (AvgIpc) is 2.84. The van der Waals surface area contributed by atoms with Crippen LogP contribution in [0.15, 0.2) is 65.5 Å². The lowest BCUT2D eigenvalue weighted by atomic mass is 9.68. The highest BCUT2D eigenvalue weighted by Gasteiger charge is 2.45. The second kappa shape index (κ2) is 10.3. The Hall–Kier alpha value is -3.74. The summed E-state index contributed by atoms with van der Waals surface area (Å²) in [7, 11) is 1.62. The maximum atomic E-state index is 13.7. The van der Waals surface area contributed by atoms with Crippen molar-refractivity contribution in [2.24, 2.45) is 5.92 Å². The van der Waals surface area contributed by atoms with Gasteiger partial charge in [-0.05, 0) is 56.2 Å². The Morgan fingerprint density at radius 1 is 1.06 bits per heavy atom. The first kappa shape index (κ1) is 24.4. The van der Waals surface area contributed by atoms with Gasteiger partial charge in [0.25, 0.3) is 0 Å². The maximum Gasteiger partial charge on any atom is 0.336 e. The number of ether oxygens (including phenoxy) is 3. The Morgan fingerprint density at radius 3 is 2.43 bits per heavy atom. The number of carbonyl (C=O) groups is 2. The Bertz CT molecular complexity index is 1180. The molecule has 3 unspecified atom stereocenters. The number of phenols is 1. The van der Waals surface area contributed by atoms with Gasteiger partial charge in [0.15, 0.2) is 11.5 Å². The summed E-state index contributed by atoms with van der Waals surface area (Å²) in [6.45, 7) is 6.00. The third-order valence-corrected chi connectivity index (χ3v) is 6.55. The van der Waals surface area contributed by atoms with Crippen LogP contribution in [0, 0.1) is 5.92 Å². The van der Waals surface area contributed by atoms with Gasteiger partial charge in [0.1, 0.15) is 11.5 Å². The summed E-state index contributed by atoms with van der Waals surface area (Å²) in [5, 5.41) is 13.6. The molecule has 0 fully saturated rings. The number of rotatable bonds is 7. The summed E-state index contributed by atoms with van der Waals surface area (Å²) in [5.74, 6) is -0.588. The molecular weight excluding hydrogens is 446 g/mol. The molecule has 2 aliphatic rings. The second-order valence-electron chi connectivity index (χ2n) is 8.67. The predicted octanol–water partition coefficient (Wildman–Crippen LogP) is 4.58. The zero-order valence-electron chi connectivity index (χ0n) is 20.5. The zero-order chi connectivity index (χ0) is 25.1. The highest BCUT2D eigenvalue weighted by Crippen LogP contribution is 2.47. The summed E-state index contributed by atoms with van der Waals surface area (Å²) >= 11 is 0. The topological polar surface area (TPSA) is 94.1 Å². The first-order valence-electron chi connectivity index (χ1n) is 11.9. The first-order valence-corrected chi connectivity index (χ1v) is 11.9. The lowest BCUT2D eigenvalue weighted by Gasteiger charge is -2.39. The minimum Gasteiger partial charge on any atom is -0.504 e. The summed E-state index contributed by atoms with van der Waals surface area (Å²) in [6, 6.07) is 12.7. The minimum absolute atomic E-state index is 0.00762. The van der Waals surface area contributed by atoms with Crippen molar-refractivity contribution in [3.05, 3.63) is 76.6 Å². The van der Waals surface area contributed by atoms with E-state index in [4.69, 9.17) is 14.2 Å². The molecule has 1 heterocycles. The Balaban J connectivity index is 1.81. The van der Waals surface area contributed by atoms with Crippen LogP contribution in [-0.4, -0.2) is 37.2 Å². The number of fused-ring (bicyclic) bond motifs is 1. The van der Waals surface area contributed by atoms with Crippen LogP contribution < -0.4 is 14.8 Å². The van der Waals surface area contributed by atoms with Crippen molar-refractivity contribution in [2.75, 3.05) is 20.3 Å². The highest BCUT2D eigenvalue weighted by molar-refractivity contribution is 5.96. The van der Waals surface area contributed by atoms with Crippen molar-refractivity contribution in [1.29, 1.82) is 0 Å². The number of nitrogens with one attached hydrogen (secondary N) is 1. The smallest absolute Gasteiger partial charge is 0.336 e. The van der Waals surface area contributed by atoms with Gasteiger partial charge < -0.3 is 24.6 Å². The van der Waals surface area contributed by atoms with Crippen molar-refractivity contribution >= 4 is 11.8 Å². The van der Waals surface area contributed by atoms with Crippen molar-refractivity contribution in [1.82, 2.24) is 5.32 Å². The van der Waals surface area contributed by atoms with Gasteiger partial charge in [-0.15, -0.1) is 0 Å². The van der Waals surface area contributed by atoms with Gasteiger partial charge >= 0.3 is 5.97 Å². The van der Waals surface area contributed by atoms with E-state index in [0.29, 0.717) is 35.6 Å². The summed E-state index contributed by atoms with van der Waals surface area (Å²) in [4.78, 5) is 26.7. The molecule has 0 radical (unpaired) electrons. The monoisotopic (exact) mass is 477 g/mol. The van der Waals surface area contributed by atoms with Crippen molar-refractivity contribution in [2.45, 2.75) is 39.0 Å². The molecule has 1 aliphatic heterocycles. The van der Waals surface area contributed by atoms with E-state index < -0.39 is 17.8 Å². The maximum absolute atomic E-state index is 13.7. The fourth-order valence-electron chi connectivity index (χ4n) is 4.97. The van der Waals surface area contributed by atoms with E-state index >= 15 is 0 Å². The highest BCUT2D eigenvalue weighted by atomic mass is 16.5. The van der Waals surface area contributed by atoms with E-state index in [1.165, 1.54) is 6.07 Å². The summed E-state index contributed by atoms with van der Waals surface area (Å²) < 4.78 is 16.2. The van der Waals surface area contributed by atoms with E-state index in [1.807, 2.05) is 38.1 Å². The normalized spacial score (nSPS) is 21.5. The van der Waals surface area contributed by atoms with Crippen LogP contribution in [0.2, 0.25) is 0 Å². The Labute approximate surface area is 205 Å². The van der Waals surface area contributed by atoms with Gasteiger partial charge in [-0.3, -0.25) is 4.79 Å². The summed E-state index contributed by atoms with van der Waals surface area (Å²) in [5.41, 5.74) is 3.55. The molecule has 2 aromatic carbocycles. The van der Waals surface area contributed by atoms with E-state index in [1.54, 1.807) is 26.2 Å². The SMILES string of the molecule is CCOC(=O)C1=C(C)NC2=CC(c3ccc(OC)cc3)CC(=O)C2C1c1ccc(O)c(OCC)c1. The number of carbonyl (C=O) groups excluding carboxylic acids is 2. The van der Waals surface area contributed by atoms with Gasteiger partial charge in [0.05, 0.1) is 31.8 Å². The van der Waals surface area contributed by atoms with E-state index in [9.17, 15) is 14.7 Å². The molecule has 7 heteroatoms. The standard InChI is InChI=1S/C28H31NO6/c1-5-34-24-15-18(9-12-22(24)30)26-25(28(32)35-6-2)16(3)29-21-13-19(14-23(31)27(21)26)17-7-10-20(33-4)11-8-17/h7-13,15,19,26-27,29-30H,5-6,14H2,1-4H3. The van der Waals surface area contributed by atoms with Crippen molar-refractivity contribution < 1.29 is 28.9 Å². The minimum atomic E-state index is -0.577. The lowest BCUT2D eigenvalue weighted by Crippen LogP contribution is -2.42. The molecule has 0 saturated heterocycles. The van der Waals surface area contributed by atoms with Crippen LogP contribution in [0.5, 0.6) is 17.2 Å². The van der Waals surface area contributed by atoms with E-state index in [2.05, 4.69) is 11.4 Å². The number of hydrogen-bond donors (Lipinski definition) is 2. The number of hydrogen-bond acceptors (Lipinski definition) is 7. The number of esters is 1. The molecule has 0 bridgehead atoms. The molecule has 7 nitrogen and oxygen atoms in total. The van der Waals surface area contributed by atoms with Gasteiger partial charge in [-0.2, -0.15) is 0 Å². The number of methoxy groups -OCH3 is 1. The average molecular weight is 478 g/mol. The van der Waals surface area contributed by atoms with Gasteiger partial charge in [0.2, 0.25) is 0 Å². The third kappa shape index (κ3) is 4.76. The number of aromatic hydroxyl groups is 1. The van der Waals surface area contributed by atoms with E-state index in [0.717, 1.165) is 17.0 Å². The van der Waals surface area contributed by atoms with Crippen molar-refractivity contribution in [3.63, 3.8) is 0 Å². The largest absolute Gasteiger partial charge is 0.504 e. The number of ketones is 1. The second-order valence-corrected chi connectivity index (χ2v) is 8.67. The lowest BCUT2D eigenvalue weighted by molar-refractivity contribution is -0.139. The van der Waals surface area contributed by atoms with Crippen molar-refractivity contribution in [3.8, 4) is 17.2 Å². The van der Waals surface area contributed by atoms with E-state index in [-0.39, 0.29) is 24.1 Å². The van der Waals surface area contributed by atoms with Gasteiger partial charge in [0, 0.05) is 29.7 Å². The fraction of sp³-hybridized carbons (Fsp3) is 0.357. The third-order valence-electron chi connectivity index (χ3n) is 6.55. The number of benzene rings is 2. The molecular formula is C28H31NO6.